The molecule has 3 N–H and O–H groups in total. The van der Waals surface area contributed by atoms with Gasteiger partial charge in [-0.25, -0.2) is 0 Å². The van der Waals surface area contributed by atoms with Crippen molar-refractivity contribution in [3.63, 3.8) is 0 Å². The van der Waals surface area contributed by atoms with Crippen molar-refractivity contribution >= 4 is 11.9 Å². The van der Waals surface area contributed by atoms with Gasteiger partial charge in [0, 0.05) is 12.8 Å². The lowest BCUT2D eigenvalue weighted by atomic mass is 10.0. The molecule has 0 spiro atoms. The Balaban J connectivity index is 3.40. The Morgan fingerprint density at radius 2 is 0.714 bits per heavy atom. The van der Waals surface area contributed by atoms with Gasteiger partial charge in [0.15, 0.2) is 0 Å². The molecule has 0 radical (unpaired) electrons. The van der Waals surface area contributed by atoms with Crippen LogP contribution in [0.1, 0.15) is 335 Å². The van der Waals surface area contributed by atoms with Crippen LogP contribution < -0.4 is 5.32 Å². The summed E-state index contributed by atoms with van der Waals surface area (Å²) in [5.74, 6) is -0.0566. The van der Waals surface area contributed by atoms with E-state index in [1.54, 1.807) is 6.08 Å². The molecule has 0 fully saturated rings. The third-order valence-corrected chi connectivity index (χ3v) is 14.4. The number of hydrogen-bond donors (Lipinski definition) is 3. The molecule has 6 heteroatoms. The average molecular weight is 985 g/mol. The Hall–Kier alpha value is -1.92. The van der Waals surface area contributed by atoms with Crippen LogP contribution in [0.15, 0.2) is 36.5 Å². The van der Waals surface area contributed by atoms with E-state index >= 15 is 0 Å². The number of rotatable bonds is 58. The van der Waals surface area contributed by atoms with Gasteiger partial charge in [-0.1, -0.05) is 294 Å². The van der Waals surface area contributed by atoms with Gasteiger partial charge < -0.3 is 20.3 Å². The smallest absolute Gasteiger partial charge is 0.305 e. The maximum Gasteiger partial charge on any atom is 0.305 e. The minimum absolute atomic E-state index is 0.0131. The third kappa shape index (κ3) is 55.4. The van der Waals surface area contributed by atoms with Crippen LogP contribution in [0.3, 0.4) is 0 Å². The van der Waals surface area contributed by atoms with Crippen LogP contribution in [-0.2, 0) is 14.3 Å². The van der Waals surface area contributed by atoms with Crippen LogP contribution in [-0.4, -0.2) is 47.4 Å². The third-order valence-electron chi connectivity index (χ3n) is 14.4. The molecular formula is C64H121NO5. The molecule has 1 amide bonds. The number of carbonyl (C=O) groups excluding carboxylic acids is 2. The van der Waals surface area contributed by atoms with Gasteiger partial charge in [0.25, 0.3) is 0 Å². The summed E-state index contributed by atoms with van der Waals surface area (Å²) in [6, 6.07) is -0.627. The number of carbonyl (C=O) groups is 2. The van der Waals surface area contributed by atoms with Crippen LogP contribution >= 0.6 is 0 Å². The summed E-state index contributed by atoms with van der Waals surface area (Å²) < 4.78 is 5.48. The topological polar surface area (TPSA) is 95.9 Å². The van der Waals surface area contributed by atoms with Crippen molar-refractivity contribution in [1.82, 2.24) is 5.32 Å². The van der Waals surface area contributed by atoms with Crippen molar-refractivity contribution in [1.29, 1.82) is 0 Å². The second-order valence-electron chi connectivity index (χ2n) is 21.4. The van der Waals surface area contributed by atoms with E-state index in [4.69, 9.17) is 4.74 Å². The molecule has 0 heterocycles. The summed E-state index contributed by atoms with van der Waals surface area (Å²) >= 11 is 0. The van der Waals surface area contributed by atoms with Crippen molar-refractivity contribution in [2.75, 3.05) is 13.2 Å². The molecule has 2 unspecified atom stereocenters. The van der Waals surface area contributed by atoms with E-state index in [1.807, 2.05) is 6.08 Å². The van der Waals surface area contributed by atoms with E-state index < -0.39 is 12.1 Å². The Morgan fingerprint density at radius 1 is 0.400 bits per heavy atom. The van der Waals surface area contributed by atoms with Gasteiger partial charge in [0.05, 0.1) is 25.4 Å². The summed E-state index contributed by atoms with van der Waals surface area (Å²) in [6.07, 6.45) is 74.8. The number of allylic oxidation sites excluding steroid dienone is 5. The molecule has 2 atom stereocenters. The molecule has 0 aromatic carbocycles. The van der Waals surface area contributed by atoms with Gasteiger partial charge in [-0.05, 0) is 64.2 Å². The van der Waals surface area contributed by atoms with Gasteiger partial charge in [0.2, 0.25) is 5.91 Å². The SMILES string of the molecule is CCCCCCCCCCC/C=C/C(O)C(CO)NC(=O)CCCCCCCCCCCCCCC/C=C\C/C=C\CCCCCCCCCCCOC(=O)CCCCCCCCCCCCCCC. The maximum absolute atomic E-state index is 12.4. The number of hydrogen-bond acceptors (Lipinski definition) is 5. The van der Waals surface area contributed by atoms with Gasteiger partial charge in [-0.3, -0.25) is 9.59 Å². The van der Waals surface area contributed by atoms with Gasteiger partial charge in [-0.2, -0.15) is 0 Å². The zero-order valence-corrected chi connectivity index (χ0v) is 47.0. The lowest BCUT2D eigenvalue weighted by Gasteiger charge is -2.20. The van der Waals surface area contributed by atoms with Crippen LogP contribution in [0.25, 0.3) is 0 Å². The number of aliphatic hydroxyl groups is 2. The standard InChI is InChI=1S/C64H121NO5/c1-3-5-7-9-11-13-15-33-38-42-46-50-54-58-64(69)70-59-55-51-47-43-39-35-32-30-28-26-24-22-20-18-16-17-19-21-23-25-27-29-31-34-37-41-45-49-53-57-63(68)65-61(60-66)62(67)56-52-48-44-40-36-14-12-10-8-6-4-2/h16,18,22,24,52,56,61-62,66-67H,3-15,17,19-21,23,25-51,53-55,57-60H2,1-2H3,(H,65,68)/b18-16-,24-22-,56-52+. The first kappa shape index (κ1) is 68.1. The van der Waals surface area contributed by atoms with E-state index in [2.05, 4.69) is 43.5 Å². The average Bonchev–Trinajstić information content (AvgIpc) is 3.36. The molecule has 0 saturated carbocycles. The molecule has 0 aliphatic carbocycles. The molecule has 0 aliphatic rings. The van der Waals surface area contributed by atoms with E-state index in [1.165, 1.54) is 263 Å². The van der Waals surface area contributed by atoms with Crippen molar-refractivity contribution in [2.24, 2.45) is 0 Å². The summed E-state index contributed by atoms with van der Waals surface area (Å²) in [5, 5.41) is 23.0. The Kier molecular flexibility index (Phi) is 58.0. The molecular weight excluding hydrogens is 863 g/mol. The number of ether oxygens (including phenoxy) is 1. The molecule has 0 rings (SSSR count). The van der Waals surface area contributed by atoms with Crippen LogP contribution in [0.2, 0.25) is 0 Å². The lowest BCUT2D eigenvalue weighted by molar-refractivity contribution is -0.143. The quantitative estimate of drug-likeness (QED) is 0.0321. The number of unbranched alkanes of at least 4 members (excludes halogenated alkanes) is 43. The van der Waals surface area contributed by atoms with Gasteiger partial charge in [-0.15, -0.1) is 0 Å². The van der Waals surface area contributed by atoms with Gasteiger partial charge >= 0.3 is 5.97 Å². The molecule has 0 aromatic rings. The summed E-state index contributed by atoms with van der Waals surface area (Å²) in [5.41, 5.74) is 0. The van der Waals surface area contributed by atoms with Crippen molar-refractivity contribution in [3.8, 4) is 0 Å². The molecule has 0 aromatic heterocycles. The van der Waals surface area contributed by atoms with E-state index in [0.717, 1.165) is 44.9 Å². The fourth-order valence-corrected chi connectivity index (χ4v) is 9.61. The van der Waals surface area contributed by atoms with Crippen molar-refractivity contribution in [2.45, 2.75) is 347 Å². The molecule has 412 valence electrons. The molecule has 70 heavy (non-hydrogen) atoms. The highest BCUT2D eigenvalue weighted by atomic mass is 16.5. The minimum atomic E-state index is -0.843. The second-order valence-corrected chi connectivity index (χ2v) is 21.4. The number of esters is 1. The van der Waals surface area contributed by atoms with E-state index in [-0.39, 0.29) is 18.5 Å². The van der Waals surface area contributed by atoms with Crippen molar-refractivity contribution in [3.05, 3.63) is 36.5 Å². The predicted octanol–water partition coefficient (Wildman–Crippen LogP) is 19.6. The fourth-order valence-electron chi connectivity index (χ4n) is 9.61. The zero-order valence-electron chi connectivity index (χ0n) is 47.0. The lowest BCUT2D eigenvalue weighted by Crippen LogP contribution is -2.45. The highest BCUT2D eigenvalue weighted by molar-refractivity contribution is 5.76. The first-order valence-electron chi connectivity index (χ1n) is 31.3. The molecule has 0 aliphatic heterocycles. The predicted molar refractivity (Wildman–Crippen MR) is 306 cm³/mol. The number of aliphatic hydroxyl groups excluding tert-OH is 2. The monoisotopic (exact) mass is 984 g/mol. The van der Waals surface area contributed by atoms with Crippen molar-refractivity contribution < 1.29 is 24.5 Å². The Labute approximate surface area is 436 Å². The number of amides is 1. The maximum atomic E-state index is 12.4. The zero-order chi connectivity index (χ0) is 50.7. The highest BCUT2D eigenvalue weighted by Crippen LogP contribution is 2.17. The van der Waals surface area contributed by atoms with E-state index in [0.29, 0.717) is 19.4 Å². The first-order chi connectivity index (χ1) is 34.5. The fraction of sp³-hybridized carbons (Fsp3) is 0.875. The highest BCUT2D eigenvalue weighted by Gasteiger charge is 2.18. The Bertz CT molecular complexity index is 1130. The number of nitrogens with one attached hydrogen (secondary N) is 1. The van der Waals surface area contributed by atoms with Crippen LogP contribution in [0.5, 0.6) is 0 Å². The molecule has 0 saturated heterocycles. The second kappa shape index (κ2) is 59.6. The first-order valence-corrected chi connectivity index (χ1v) is 31.3. The Morgan fingerprint density at radius 3 is 1.09 bits per heavy atom. The molecule has 6 nitrogen and oxygen atoms in total. The largest absolute Gasteiger partial charge is 0.466 e. The summed E-state index contributed by atoms with van der Waals surface area (Å²) in [6.45, 7) is 4.90. The summed E-state index contributed by atoms with van der Waals surface area (Å²) in [7, 11) is 0. The van der Waals surface area contributed by atoms with Crippen LogP contribution in [0.4, 0.5) is 0 Å². The summed E-state index contributed by atoms with van der Waals surface area (Å²) in [4.78, 5) is 24.4. The van der Waals surface area contributed by atoms with E-state index in [9.17, 15) is 19.8 Å². The normalized spacial score (nSPS) is 12.8. The van der Waals surface area contributed by atoms with Crippen LogP contribution in [0, 0.1) is 0 Å². The minimum Gasteiger partial charge on any atom is -0.466 e. The molecule has 0 bridgehead atoms. The van der Waals surface area contributed by atoms with Gasteiger partial charge in [0.1, 0.15) is 0 Å².